The number of benzene rings is 1. The van der Waals surface area contributed by atoms with Crippen LogP contribution in [-0.2, 0) is 9.59 Å². The smallest absolute Gasteiger partial charge is 0.490 e. The maximum absolute atomic E-state index is 10.6. The van der Waals surface area contributed by atoms with Crippen molar-refractivity contribution in [1.29, 1.82) is 5.26 Å². The Morgan fingerprint density at radius 1 is 1.12 bits per heavy atom. The van der Waals surface area contributed by atoms with Gasteiger partial charge in [0.15, 0.2) is 5.65 Å². The van der Waals surface area contributed by atoms with Crippen molar-refractivity contribution in [2.45, 2.75) is 24.9 Å². The first kappa shape index (κ1) is 35.1. The lowest BCUT2D eigenvalue weighted by molar-refractivity contribution is -0.193. The van der Waals surface area contributed by atoms with Crippen molar-refractivity contribution in [2.75, 3.05) is 26.7 Å². The summed E-state index contributed by atoms with van der Waals surface area (Å²) in [7, 11) is 1.87. The molecule has 0 radical (unpaired) electrons. The summed E-state index contributed by atoms with van der Waals surface area (Å²) in [5.41, 5.74) is 2.45. The molecule has 3 aromatic rings. The van der Waals surface area contributed by atoms with Gasteiger partial charge in [-0.2, -0.15) is 31.6 Å². The second-order valence-corrected chi connectivity index (χ2v) is 8.79. The lowest BCUT2D eigenvalue weighted by Crippen LogP contribution is -2.33. The maximum Gasteiger partial charge on any atom is 0.490 e. The zero-order valence-electron chi connectivity index (χ0n) is 20.9. The Morgan fingerprint density at radius 3 is 2.15 bits per heavy atom. The Hall–Kier alpha value is -3.95. The fourth-order valence-corrected chi connectivity index (χ4v) is 2.99. The van der Waals surface area contributed by atoms with Crippen molar-refractivity contribution >= 4 is 39.0 Å². The van der Waals surface area contributed by atoms with E-state index in [4.69, 9.17) is 29.8 Å². The van der Waals surface area contributed by atoms with Gasteiger partial charge in [-0.3, -0.25) is 0 Å². The molecule has 3 rings (SSSR count). The number of H-pyrrole nitrogens is 1. The summed E-state index contributed by atoms with van der Waals surface area (Å²) in [5, 5.41) is 32.9. The third kappa shape index (κ3) is 13.3. The molecule has 0 bridgehead atoms. The van der Waals surface area contributed by atoms with Crippen LogP contribution in [0.4, 0.5) is 26.3 Å². The van der Waals surface area contributed by atoms with Gasteiger partial charge >= 0.3 is 24.3 Å². The molecule has 2 heterocycles. The minimum absolute atomic E-state index is 0.193. The Bertz CT molecular complexity index is 1300. The maximum atomic E-state index is 10.6. The second kappa shape index (κ2) is 15.7. The average Bonchev–Trinajstić information content (AvgIpc) is 3.29. The molecule has 0 fully saturated rings. The third-order valence-corrected chi connectivity index (χ3v) is 4.92. The molecule has 11 nitrogen and oxygen atoms in total. The average molecular weight is 658 g/mol. The Labute approximate surface area is 236 Å². The molecular weight excluding hydrogens is 636 g/mol. The number of carboxylic acids is 2. The molecule has 0 saturated carbocycles. The SMILES string of the molecule is CN(CCC#N)CC(O)COc1ccc(-c2nc3ncc(Br)cc3[nH]2)cc1.O=C(O)C(F)(F)F.O=C(O)C(F)(F)F. The first-order valence-corrected chi connectivity index (χ1v) is 11.8. The minimum atomic E-state index is -5.08. The summed E-state index contributed by atoms with van der Waals surface area (Å²) in [6.45, 7) is 1.28. The van der Waals surface area contributed by atoms with E-state index in [0.29, 0.717) is 30.9 Å². The fraction of sp³-hybridized carbons (Fsp3) is 0.348. The number of aliphatic hydroxyl groups is 1. The molecule has 0 spiro atoms. The standard InChI is InChI=1S/C19H20BrN5O2.2C2HF3O2/c1-25(8-2-7-21)11-15(26)12-27-16-5-3-13(4-6-16)18-23-17-9-14(20)10-22-19(17)24-18;2*3-2(4,5)1(6)7/h3-6,9-10,15,26H,2,8,11-12H2,1H3,(H,22,23,24);2*(H,6,7). The number of aliphatic hydroxyl groups excluding tert-OH is 1. The summed E-state index contributed by atoms with van der Waals surface area (Å²) in [6, 6.07) is 11.5. The number of alkyl halides is 6. The van der Waals surface area contributed by atoms with Crippen LogP contribution in [0, 0.1) is 11.3 Å². The number of halogens is 7. The van der Waals surface area contributed by atoms with Gasteiger partial charge in [-0.15, -0.1) is 0 Å². The predicted octanol–water partition coefficient (Wildman–Crippen LogP) is 4.24. The lowest BCUT2D eigenvalue weighted by atomic mass is 10.2. The largest absolute Gasteiger partial charge is 0.491 e. The van der Waals surface area contributed by atoms with Gasteiger partial charge < -0.3 is 29.9 Å². The van der Waals surface area contributed by atoms with Crippen LogP contribution in [0.25, 0.3) is 22.6 Å². The number of hydrogen-bond acceptors (Lipinski definition) is 8. The first-order valence-electron chi connectivity index (χ1n) is 11.0. The molecular formula is C23H22BrF6N5O6. The van der Waals surface area contributed by atoms with Crippen LogP contribution in [-0.4, -0.2) is 92.3 Å². The number of fused-ring (bicyclic) bond motifs is 1. The van der Waals surface area contributed by atoms with Crippen molar-refractivity contribution in [1.82, 2.24) is 19.9 Å². The zero-order chi connectivity index (χ0) is 31.4. The first-order chi connectivity index (χ1) is 18.9. The van der Waals surface area contributed by atoms with Gasteiger partial charge in [-0.1, -0.05) is 0 Å². The molecule has 224 valence electrons. The number of nitrogens with zero attached hydrogens (tertiary/aromatic N) is 4. The molecule has 1 unspecified atom stereocenters. The highest BCUT2D eigenvalue weighted by atomic mass is 79.9. The Balaban J connectivity index is 0.000000497. The van der Waals surface area contributed by atoms with Gasteiger partial charge in [-0.05, 0) is 53.3 Å². The molecule has 41 heavy (non-hydrogen) atoms. The van der Waals surface area contributed by atoms with Crippen LogP contribution in [0.5, 0.6) is 5.75 Å². The molecule has 4 N–H and O–H groups in total. The number of ether oxygens (including phenoxy) is 1. The summed E-state index contributed by atoms with van der Waals surface area (Å²) in [5.74, 6) is -4.10. The summed E-state index contributed by atoms with van der Waals surface area (Å²) < 4.78 is 70.0. The third-order valence-electron chi connectivity index (χ3n) is 4.49. The van der Waals surface area contributed by atoms with Gasteiger partial charge in [0, 0.05) is 35.7 Å². The monoisotopic (exact) mass is 657 g/mol. The zero-order valence-corrected chi connectivity index (χ0v) is 22.5. The molecule has 0 amide bonds. The predicted molar refractivity (Wildman–Crippen MR) is 134 cm³/mol. The van der Waals surface area contributed by atoms with Gasteiger partial charge in [-0.25, -0.2) is 19.6 Å². The number of pyridine rings is 1. The van der Waals surface area contributed by atoms with Crippen molar-refractivity contribution in [3.05, 3.63) is 41.0 Å². The van der Waals surface area contributed by atoms with E-state index in [-0.39, 0.29) is 6.61 Å². The van der Waals surface area contributed by atoms with E-state index < -0.39 is 30.4 Å². The van der Waals surface area contributed by atoms with Crippen molar-refractivity contribution in [3.63, 3.8) is 0 Å². The van der Waals surface area contributed by atoms with Crippen LogP contribution in [0.1, 0.15) is 6.42 Å². The Morgan fingerprint density at radius 2 is 1.66 bits per heavy atom. The van der Waals surface area contributed by atoms with Crippen molar-refractivity contribution in [3.8, 4) is 23.2 Å². The molecule has 18 heteroatoms. The molecule has 1 atom stereocenters. The van der Waals surface area contributed by atoms with Crippen molar-refractivity contribution in [2.24, 2.45) is 0 Å². The molecule has 2 aromatic heterocycles. The van der Waals surface area contributed by atoms with E-state index in [9.17, 15) is 31.4 Å². The number of hydrogen-bond donors (Lipinski definition) is 4. The van der Waals surface area contributed by atoms with Crippen LogP contribution in [0.3, 0.4) is 0 Å². The molecule has 0 aliphatic carbocycles. The van der Waals surface area contributed by atoms with E-state index in [1.807, 2.05) is 42.3 Å². The van der Waals surface area contributed by atoms with E-state index >= 15 is 0 Å². The van der Waals surface area contributed by atoms with Crippen LogP contribution in [0.2, 0.25) is 0 Å². The number of aliphatic carboxylic acids is 2. The highest BCUT2D eigenvalue weighted by Crippen LogP contribution is 2.23. The number of imidazole rings is 1. The summed E-state index contributed by atoms with van der Waals surface area (Å²) in [4.78, 5) is 31.7. The minimum Gasteiger partial charge on any atom is -0.491 e. The number of carbonyl (C=O) groups is 2. The van der Waals surface area contributed by atoms with E-state index in [1.165, 1.54) is 0 Å². The number of nitrogens with one attached hydrogen (secondary N) is 1. The van der Waals surface area contributed by atoms with E-state index in [1.54, 1.807) is 6.20 Å². The number of aromatic nitrogens is 3. The quantitative estimate of drug-likeness (QED) is 0.257. The number of aromatic amines is 1. The Kier molecular flexibility index (Phi) is 13.5. The molecule has 1 aromatic carbocycles. The number of likely N-dealkylation sites (N-methyl/N-ethyl adjacent to an activating group) is 1. The van der Waals surface area contributed by atoms with Gasteiger partial charge in [0.25, 0.3) is 0 Å². The molecule has 0 aliphatic rings. The number of rotatable bonds is 8. The van der Waals surface area contributed by atoms with Crippen molar-refractivity contribution < 1.29 is 56.0 Å². The fourth-order valence-electron chi connectivity index (χ4n) is 2.66. The van der Waals surface area contributed by atoms with Gasteiger partial charge in [0.05, 0.1) is 11.6 Å². The van der Waals surface area contributed by atoms with Crippen LogP contribution in [0.15, 0.2) is 41.0 Å². The highest BCUT2D eigenvalue weighted by Gasteiger charge is 2.38. The second-order valence-electron chi connectivity index (χ2n) is 7.88. The molecule has 0 aliphatic heterocycles. The number of nitriles is 1. The van der Waals surface area contributed by atoms with Crippen LogP contribution < -0.4 is 4.74 Å². The molecule has 0 saturated heterocycles. The lowest BCUT2D eigenvalue weighted by Gasteiger charge is -2.19. The summed E-state index contributed by atoms with van der Waals surface area (Å²) in [6.07, 6.45) is -8.62. The highest BCUT2D eigenvalue weighted by molar-refractivity contribution is 9.10. The van der Waals surface area contributed by atoms with Crippen LogP contribution >= 0.6 is 15.9 Å². The van der Waals surface area contributed by atoms with E-state index in [2.05, 4.69) is 37.0 Å². The normalized spacial score (nSPS) is 11.9. The van der Waals surface area contributed by atoms with E-state index in [0.717, 1.165) is 21.4 Å². The number of carboxylic acid groups (broad SMARTS) is 2. The summed E-state index contributed by atoms with van der Waals surface area (Å²) >= 11 is 3.40. The van der Waals surface area contributed by atoms with Gasteiger partial charge in [0.2, 0.25) is 0 Å². The van der Waals surface area contributed by atoms with Gasteiger partial charge in [0.1, 0.15) is 24.3 Å². The topological polar surface area (TPSA) is 173 Å².